The van der Waals surface area contributed by atoms with Gasteiger partial charge in [0.15, 0.2) is 0 Å². The lowest BCUT2D eigenvalue weighted by Gasteiger charge is -2.31. The molecule has 2 aliphatic heterocycles. The number of piperidine rings is 1. The van der Waals surface area contributed by atoms with Crippen molar-refractivity contribution in [3.05, 3.63) is 53.1 Å². The van der Waals surface area contributed by atoms with Gasteiger partial charge in [-0.3, -0.25) is 9.59 Å². The number of rotatable bonds is 5. The van der Waals surface area contributed by atoms with Gasteiger partial charge in [-0.2, -0.15) is 4.31 Å². The molecule has 35 heavy (non-hydrogen) atoms. The van der Waals surface area contributed by atoms with E-state index in [4.69, 9.17) is 0 Å². The molecule has 2 aromatic rings. The van der Waals surface area contributed by atoms with Crippen molar-refractivity contribution in [3.8, 4) is 0 Å². The lowest BCUT2D eigenvalue weighted by atomic mass is 9.98. The fraction of sp³-hybridized carbons (Fsp3) is 0.481. The number of nitrogens with zero attached hydrogens (tertiary/aromatic N) is 2. The third-order valence-electron chi connectivity index (χ3n) is 7.31. The zero-order valence-electron chi connectivity index (χ0n) is 20.6. The molecule has 0 spiro atoms. The van der Waals surface area contributed by atoms with Crippen LogP contribution in [-0.2, 0) is 26.0 Å². The molecule has 0 unspecified atom stereocenters. The Kier molecular flexibility index (Phi) is 6.21. The van der Waals surface area contributed by atoms with Gasteiger partial charge >= 0.3 is 0 Å². The van der Waals surface area contributed by atoms with Gasteiger partial charge < -0.3 is 10.2 Å². The number of carbonyl (C=O) groups excluding carboxylic acids is 2. The van der Waals surface area contributed by atoms with Gasteiger partial charge in [0.1, 0.15) is 0 Å². The first kappa shape index (κ1) is 24.0. The van der Waals surface area contributed by atoms with Gasteiger partial charge in [-0.25, -0.2) is 8.42 Å². The van der Waals surface area contributed by atoms with Crippen molar-refractivity contribution in [2.24, 2.45) is 11.8 Å². The second-order valence-electron chi connectivity index (χ2n) is 10.4. The summed E-state index contributed by atoms with van der Waals surface area (Å²) in [6.07, 6.45) is 3.82. The molecule has 5 rings (SSSR count). The molecule has 0 bridgehead atoms. The molecule has 2 amide bonds. The number of amides is 2. The van der Waals surface area contributed by atoms with E-state index in [0.717, 1.165) is 40.9 Å². The number of carbonyl (C=O) groups is 2. The van der Waals surface area contributed by atoms with Crippen molar-refractivity contribution in [2.75, 3.05) is 23.3 Å². The number of hydrogen-bond acceptors (Lipinski definition) is 4. The molecule has 2 fully saturated rings. The molecule has 7 nitrogen and oxygen atoms in total. The molecule has 0 radical (unpaired) electrons. The monoisotopic (exact) mass is 495 g/mol. The predicted octanol–water partition coefficient (Wildman–Crippen LogP) is 4.03. The smallest absolute Gasteiger partial charge is 0.243 e. The quantitative estimate of drug-likeness (QED) is 0.679. The standard InChI is InChI=1S/C27H33N3O4S/c1-17-11-18(2)13-23(12-17)28-26(31)21-5-4-10-29(16-21)35(33,34)24-8-9-25-22(15-24)14-19(3)30(25)27(32)20-6-7-20/h8-9,11-13,15,19-21H,4-7,10,14,16H2,1-3H3,(H,28,31)/t19-,21+/m1/s1. The van der Waals surface area contributed by atoms with Crippen LogP contribution in [0.25, 0.3) is 0 Å². The first-order valence-corrected chi connectivity index (χ1v) is 13.9. The SMILES string of the molecule is Cc1cc(C)cc(NC(=O)[C@H]2CCCN(S(=O)(=O)c3ccc4c(c3)C[C@@H](C)N4C(=O)C3CC3)C2)c1. The first-order chi connectivity index (χ1) is 16.6. The zero-order valence-corrected chi connectivity index (χ0v) is 21.4. The van der Waals surface area contributed by atoms with Gasteiger partial charge in [-0.15, -0.1) is 0 Å². The zero-order chi connectivity index (χ0) is 24.9. The third-order valence-corrected chi connectivity index (χ3v) is 9.17. The second-order valence-corrected chi connectivity index (χ2v) is 12.3. The van der Waals surface area contributed by atoms with Crippen molar-refractivity contribution < 1.29 is 18.0 Å². The summed E-state index contributed by atoms with van der Waals surface area (Å²) < 4.78 is 28.5. The minimum absolute atomic E-state index is 0.0318. The lowest BCUT2D eigenvalue weighted by molar-refractivity contribution is -0.121. The molecule has 3 aliphatic rings. The summed E-state index contributed by atoms with van der Waals surface area (Å²) in [6.45, 7) is 6.54. The van der Waals surface area contributed by atoms with Crippen LogP contribution in [0.2, 0.25) is 0 Å². The topological polar surface area (TPSA) is 86.8 Å². The van der Waals surface area contributed by atoms with Crippen molar-refractivity contribution in [3.63, 3.8) is 0 Å². The van der Waals surface area contributed by atoms with Crippen molar-refractivity contribution in [1.82, 2.24) is 4.31 Å². The summed E-state index contributed by atoms with van der Waals surface area (Å²) in [6, 6.07) is 11.0. The highest BCUT2D eigenvalue weighted by molar-refractivity contribution is 7.89. The van der Waals surface area contributed by atoms with E-state index in [2.05, 4.69) is 5.32 Å². The number of sulfonamides is 1. The molecule has 186 valence electrons. The largest absolute Gasteiger partial charge is 0.326 e. The number of nitrogens with one attached hydrogen (secondary N) is 1. The van der Waals surface area contributed by atoms with Crippen LogP contribution in [0.3, 0.4) is 0 Å². The molecule has 1 saturated heterocycles. The van der Waals surface area contributed by atoms with E-state index < -0.39 is 15.9 Å². The molecule has 1 saturated carbocycles. The minimum atomic E-state index is -3.75. The fourth-order valence-electron chi connectivity index (χ4n) is 5.45. The van der Waals surface area contributed by atoms with E-state index in [-0.39, 0.29) is 35.2 Å². The van der Waals surface area contributed by atoms with E-state index in [9.17, 15) is 18.0 Å². The number of anilines is 2. The third kappa shape index (κ3) is 4.74. The van der Waals surface area contributed by atoms with E-state index in [1.165, 1.54) is 4.31 Å². The Morgan fingerprint density at radius 2 is 1.69 bits per heavy atom. The lowest BCUT2D eigenvalue weighted by Crippen LogP contribution is -2.43. The maximum atomic E-state index is 13.5. The molecule has 1 aliphatic carbocycles. The van der Waals surface area contributed by atoms with Gasteiger partial charge in [-0.1, -0.05) is 6.07 Å². The van der Waals surface area contributed by atoms with Gasteiger partial charge in [-0.05, 0) is 99.9 Å². The number of fused-ring (bicyclic) bond motifs is 1. The van der Waals surface area contributed by atoms with Crippen molar-refractivity contribution in [2.45, 2.75) is 63.8 Å². The molecule has 1 N–H and O–H groups in total. The van der Waals surface area contributed by atoms with Crippen molar-refractivity contribution in [1.29, 1.82) is 0 Å². The van der Waals surface area contributed by atoms with Gasteiger partial charge in [0.05, 0.1) is 10.8 Å². The second kappa shape index (κ2) is 9.06. The van der Waals surface area contributed by atoms with Crippen LogP contribution in [0.1, 0.15) is 49.3 Å². The summed E-state index contributed by atoms with van der Waals surface area (Å²) in [5, 5.41) is 2.98. The molecule has 0 aromatic heterocycles. The Morgan fingerprint density at radius 3 is 2.37 bits per heavy atom. The van der Waals surface area contributed by atoms with Crippen LogP contribution < -0.4 is 10.2 Å². The van der Waals surface area contributed by atoms with Crippen LogP contribution in [0.15, 0.2) is 41.3 Å². The van der Waals surface area contributed by atoms with E-state index >= 15 is 0 Å². The Labute approximate surface area is 207 Å². The molecular weight excluding hydrogens is 462 g/mol. The summed E-state index contributed by atoms with van der Waals surface area (Å²) in [5.41, 5.74) is 4.60. The molecular formula is C27H33N3O4S. The highest BCUT2D eigenvalue weighted by Crippen LogP contribution is 2.40. The summed E-state index contributed by atoms with van der Waals surface area (Å²) in [5.74, 6) is -0.278. The summed E-state index contributed by atoms with van der Waals surface area (Å²) in [7, 11) is -3.75. The van der Waals surface area contributed by atoms with Crippen LogP contribution in [0.4, 0.5) is 11.4 Å². The molecule has 8 heteroatoms. The average Bonchev–Trinajstić information content (AvgIpc) is 3.60. The normalized spacial score (nSPS) is 22.7. The van der Waals surface area contributed by atoms with Crippen molar-refractivity contribution >= 4 is 33.2 Å². The first-order valence-electron chi connectivity index (χ1n) is 12.5. The number of hydrogen-bond donors (Lipinski definition) is 1. The van der Waals surface area contributed by atoms with Gasteiger partial charge in [0, 0.05) is 36.4 Å². The molecule has 2 heterocycles. The Balaban J connectivity index is 1.32. The van der Waals surface area contributed by atoms with E-state index in [1.807, 2.05) is 43.9 Å². The van der Waals surface area contributed by atoms with Crippen LogP contribution in [0.5, 0.6) is 0 Å². The molecule has 2 aromatic carbocycles. The van der Waals surface area contributed by atoms with Crippen LogP contribution in [-0.4, -0.2) is 43.7 Å². The maximum absolute atomic E-state index is 13.5. The van der Waals surface area contributed by atoms with Crippen LogP contribution in [0, 0.1) is 25.7 Å². The van der Waals surface area contributed by atoms with Gasteiger partial charge in [0.2, 0.25) is 21.8 Å². The van der Waals surface area contributed by atoms with Crippen LogP contribution >= 0.6 is 0 Å². The Hall–Kier alpha value is -2.71. The highest BCUT2D eigenvalue weighted by Gasteiger charge is 2.40. The summed E-state index contributed by atoms with van der Waals surface area (Å²) in [4.78, 5) is 27.8. The minimum Gasteiger partial charge on any atom is -0.326 e. The Morgan fingerprint density at radius 1 is 0.971 bits per heavy atom. The number of benzene rings is 2. The van der Waals surface area contributed by atoms with E-state index in [1.54, 1.807) is 18.2 Å². The fourth-order valence-corrected chi connectivity index (χ4v) is 7.02. The highest BCUT2D eigenvalue weighted by atomic mass is 32.2. The van der Waals surface area contributed by atoms with Gasteiger partial charge in [0.25, 0.3) is 0 Å². The Bertz CT molecular complexity index is 1270. The van der Waals surface area contributed by atoms with E-state index in [0.29, 0.717) is 25.8 Å². The number of aryl methyl sites for hydroxylation is 2. The summed E-state index contributed by atoms with van der Waals surface area (Å²) >= 11 is 0. The average molecular weight is 496 g/mol. The maximum Gasteiger partial charge on any atom is 0.243 e. The molecule has 2 atom stereocenters. The predicted molar refractivity (Wildman–Crippen MR) is 136 cm³/mol.